The third-order valence-electron chi connectivity index (χ3n) is 4.42. The van der Waals surface area contributed by atoms with Crippen LogP contribution in [-0.4, -0.2) is 15.1 Å². The summed E-state index contributed by atoms with van der Waals surface area (Å²) in [5.74, 6) is 1.82. The van der Waals surface area contributed by atoms with Gasteiger partial charge in [-0.3, -0.25) is 4.98 Å². The van der Waals surface area contributed by atoms with Gasteiger partial charge in [-0.2, -0.15) is 4.98 Å². The van der Waals surface area contributed by atoms with Crippen LogP contribution in [-0.2, 0) is 6.54 Å². The fourth-order valence-corrected chi connectivity index (χ4v) is 2.90. The Morgan fingerprint density at radius 2 is 2.10 bits per heavy atom. The van der Waals surface area contributed by atoms with Crippen LogP contribution < -0.4 is 5.73 Å². The Labute approximate surface area is 125 Å². The van der Waals surface area contributed by atoms with Gasteiger partial charge in [-0.05, 0) is 43.2 Å². The van der Waals surface area contributed by atoms with Crippen LogP contribution in [0.3, 0.4) is 0 Å². The number of aromatic nitrogens is 3. The molecule has 2 aromatic rings. The molecule has 0 aromatic carbocycles. The Kier molecular flexibility index (Phi) is 3.76. The fourth-order valence-electron chi connectivity index (χ4n) is 2.90. The highest BCUT2D eigenvalue weighted by atomic mass is 16.5. The molecule has 112 valence electrons. The topological polar surface area (TPSA) is 77.8 Å². The third kappa shape index (κ3) is 3.13. The van der Waals surface area contributed by atoms with E-state index >= 15 is 0 Å². The summed E-state index contributed by atoms with van der Waals surface area (Å²) < 4.78 is 5.43. The minimum Gasteiger partial charge on any atom is -0.334 e. The zero-order chi connectivity index (χ0) is 14.9. The predicted molar refractivity (Wildman–Crippen MR) is 80.4 cm³/mol. The molecule has 1 saturated carbocycles. The Bertz CT molecular complexity index is 610. The molecule has 3 rings (SSSR count). The fraction of sp³-hybridized carbons (Fsp3) is 0.562. The average molecular weight is 286 g/mol. The predicted octanol–water partition coefficient (Wildman–Crippen LogP) is 3.27. The number of nitrogens with zero attached hydrogens (tertiary/aromatic N) is 3. The highest BCUT2D eigenvalue weighted by Gasteiger charge is 2.30. The van der Waals surface area contributed by atoms with Crippen molar-refractivity contribution in [1.29, 1.82) is 0 Å². The molecule has 0 atom stereocenters. The summed E-state index contributed by atoms with van der Waals surface area (Å²) >= 11 is 0. The second-order valence-corrected chi connectivity index (χ2v) is 6.64. The van der Waals surface area contributed by atoms with Crippen LogP contribution in [0.1, 0.15) is 57.0 Å². The van der Waals surface area contributed by atoms with E-state index in [1.54, 1.807) is 6.20 Å². The van der Waals surface area contributed by atoms with E-state index in [1.165, 1.54) is 12.8 Å². The summed E-state index contributed by atoms with van der Waals surface area (Å²) in [6.45, 7) is 5.07. The van der Waals surface area contributed by atoms with E-state index in [0.29, 0.717) is 23.8 Å². The van der Waals surface area contributed by atoms with E-state index in [1.807, 2.05) is 12.1 Å². The molecule has 0 bridgehead atoms. The van der Waals surface area contributed by atoms with Crippen LogP contribution in [0, 0.1) is 5.41 Å². The van der Waals surface area contributed by atoms with Gasteiger partial charge >= 0.3 is 0 Å². The van der Waals surface area contributed by atoms with E-state index in [2.05, 4.69) is 29.0 Å². The molecule has 0 amide bonds. The van der Waals surface area contributed by atoms with Gasteiger partial charge in [0.25, 0.3) is 5.89 Å². The molecule has 2 heterocycles. The van der Waals surface area contributed by atoms with Gasteiger partial charge in [0, 0.05) is 24.2 Å². The van der Waals surface area contributed by atoms with Crippen molar-refractivity contribution < 1.29 is 4.52 Å². The molecule has 0 aliphatic heterocycles. The van der Waals surface area contributed by atoms with Crippen LogP contribution in [0.2, 0.25) is 0 Å². The summed E-state index contributed by atoms with van der Waals surface area (Å²) in [5.41, 5.74) is 7.78. The van der Waals surface area contributed by atoms with Gasteiger partial charge in [0.15, 0.2) is 5.82 Å². The zero-order valence-corrected chi connectivity index (χ0v) is 12.7. The van der Waals surface area contributed by atoms with E-state index in [4.69, 9.17) is 10.3 Å². The molecule has 5 nitrogen and oxygen atoms in total. The standard InChI is InChI=1S/C16H22N4O/c1-16(2)6-3-11(4-7-16)14-19-15(21-20-14)12-5-8-18-13(9-12)10-17/h5,8-9,11H,3-4,6-7,10,17H2,1-2H3. The van der Waals surface area contributed by atoms with Crippen LogP contribution in [0.25, 0.3) is 11.5 Å². The van der Waals surface area contributed by atoms with Gasteiger partial charge in [-0.1, -0.05) is 19.0 Å². The maximum atomic E-state index is 5.62. The molecule has 1 aliphatic rings. The lowest BCUT2D eigenvalue weighted by Gasteiger charge is -2.32. The van der Waals surface area contributed by atoms with Gasteiger partial charge in [0.2, 0.25) is 0 Å². The molecule has 2 aromatic heterocycles. The SMILES string of the molecule is CC1(C)CCC(c2noc(-c3ccnc(CN)c3)n2)CC1. The molecule has 0 spiro atoms. The summed E-state index contributed by atoms with van der Waals surface area (Å²) in [6.07, 6.45) is 6.43. The maximum Gasteiger partial charge on any atom is 0.258 e. The van der Waals surface area contributed by atoms with Crippen molar-refractivity contribution in [1.82, 2.24) is 15.1 Å². The number of pyridine rings is 1. The number of hydrogen-bond donors (Lipinski definition) is 1. The monoisotopic (exact) mass is 286 g/mol. The van der Waals surface area contributed by atoms with Crippen LogP contribution >= 0.6 is 0 Å². The normalized spacial score (nSPS) is 18.8. The largest absolute Gasteiger partial charge is 0.334 e. The Balaban J connectivity index is 1.77. The smallest absolute Gasteiger partial charge is 0.258 e. The van der Waals surface area contributed by atoms with Gasteiger partial charge in [0.05, 0.1) is 5.69 Å². The minimum atomic E-state index is 0.409. The minimum absolute atomic E-state index is 0.409. The van der Waals surface area contributed by atoms with Crippen LogP contribution in [0.15, 0.2) is 22.9 Å². The van der Waals surface area contributed by atoms with Gasteiger partial charge < -0.3 is 10.3 Å². The van der Waals surface area contributed by atoms with Crippen molar-refractivity contribution in [3.8, 4) is 11.5 Å². The quantitative estimate of drug-likeness (QED) is 0.936. The summed E-state index contributed by atoms with van der Waals surface area (Å²) in [5, 5.41) is 4.18. The molecule has 21 heavy (non-hydrogen) atoms. The molecular weight excluding hydrogens is 264 g/mol. The highest BCUT2D eigenvalue weighted by molar-refractivity contribution is 5.52. The molecule has 0 unspecified atom stereocenters. The lowest BCUT2D eigenvalue weighted by molar-refractivity contribution is 0.218. The van der Waals surface area contributed by atoms with E-state index in [9.17, 15) is 0 Å². The summed E-state index contributed by atoms with van der Waals surface area (Å²) in [7, 11) is 0. The average Bonchev–Trinajstić information content (AvgIpc) is 2.97. The molecule has 5 heteroatoms. The van der Waals surface area contributed by atoms with E-state index < -0.39 is 0 Å². The lowest BCUT2D eigenvalue weighted by Crippen LogP contribution is -2.20. The number of rotatable bonds is 3. The maximum absolute atomic E-state index is 5.62. The Hall–Kier alpha value is -1.75. The molecule has 0 saturated heterocycles. The zero-order valence-electron chi connectivity index (χ0n) is 12.7. The van der Waals surface area contributed by atoms with Crippen LogP contribution in [0.5, 0.6) is 0 Å². The van der Waals surface area contributed by atoms with Crippen molar-refractivity contribution in [3.63, 3.8) is 0 Å². The van der Waals surface area contributed by atoms with E-state index in [-0.39, 0.29) is 0 Å². The number of nitrogens with two attached hydrogens (primary N) is 1. The first-order valence-electron chi connectivity index (χ1n) is 7.56. The molecule has 1 aliphatic carbocycles. The Morgan fingerprint density at radius 3 is 2.81 bits per heavy atom. The second-order valence-electron chi connectivity index (χ2n) is 6.64. The van der Waals surface area contributed by atoms with Crippen molar-refractivity contribution in [2.45, 2.75) is 52.0 Å². The molecule has 0 radical (unpaired) electrons. The third-order valence-corrected chi connectivity index (χ3v) is 4.42. The van der Waals surface area contributed by atoms with Crippen molar-refractivity contribution in [2.24, 2.45) is 11.1 Å². The second kappa shape index (κ2) is 5.56. The number of hydrogen-bond acceptors (Lipinski definition) is 5. The first-order valence-corrected chi connectivity index (χ1v) is 7.56. The summed E-state index contributed by atoms with van der Waals surface area (Å²) in [4.78, 5) is 8.76. The van der Waals surface area contributed by atoms with Crippen molar-refractivity contribution in [3.05, 3.63) is 29.8 Å². The first-order chi connectivity index (χ1) is 10.1. The van der Waals surface area contributed by atoms with Crippen molar-refractivity contribution in [2.75, 3.05) is 0 Å². The summed E-state index contributed by atoms with van der Waals surface area (Å²) in [6, 6.07) is 3.78. The van der Waals surface area contributed by atoms with Gasteiger partial charge in [-0.25, -0.2) is 0 Å². The van der Waals surface area contributed by atoms with Gasteiger partial charge in [-0.15, -0.1) is 0 Å². The first kappa shape index (κ1) is 14.2. The van der Waals surface area contributed by atoms with Crippen LogP contribution in [0.4, 0.5) is 0 Å². The van der Waals surface area contributed by atoms with E-state index in [0.717, 1.165) is 29.9 Å². The molecular formula is C16H22N4O. The Morgan fingerprint density at radius 1 is 1.33 bits per heavy atom. The highest BCUT2D eigenvalue weighted by Crippen LogP contribution is 2.41. The lowest BCUT2D eigenvalue weighted by atomic mass is 9.73. The van der Waals surface area contributed by atoms with Crippen molar-refractivity contribution >= 4 is 0 Å². The molecule has 1 fully saturated rings. The molecule has 2 N–H and O–H groups in total. The van der Waals surface area contributed by atoms with Gasteiger partial charge in [0.1, 0.15) is 0 Å².